The van der Waals surface area contributed by atoms with Crippen LogP contribution in [0.15, 0.2) is 24.3 Å². The summed E-state index contributed by atoms with van der Waals surface area (Å²) >= 11 is 0. The van der Waals surface area contributed by atoms with Gasteiger partial charge in [-0.1, -0.05) is 19.9 Å². The molecule has 0 aliphatic rings. The van der Waals surface area contributed by atoms with E-state index in [4.69, 9.17) is 4.74 Å². The molecule has 0 fully saturated rings. The summed E-state index contributed by atoms with van der Waals surface area (Å²) in [5, 5.41) is 14.6. The van der Waals surface area contributed by atoms with Crippen LogP contribution < -0.4 is 10.6 Å². The molecule has 5 nitrogen and oxygen atoms in total. The molecule has 112 valence electrons. The molecule has 1 rings (SSSR count). The Morgan fingerprint density at radius 3 is 2.80 bits per heavy atom. The lowest BCUT2D eigenvalue weighted by Crippen LogP contribution is -2.37. The molecule has 1 atom stereocenters. The van der Waals surface area contributed by atoms with Crippen LogP contribution in [0.5, 0.6) is 0 Å². The maximum atomic E-state index is 12.9. The van der Waals surface area contributed by atoms with Crippen LogP contribution in [0.1, 0.15) is 13.8 Å². The molecule has 3 N–H and O–H groups in total. The largest absolute Gasteiger partial charge is 0.389 e. The molecule has 0 radical (unpaired) electrons. The predicted molar refractivity (Wildman–Crippen MR) is 75.1 cm³/mol. The number of halogens is 1. The van der Waals surface area contributed by atoms with Crippen molar-refractivity contribution < 1.29 is 19.0 Å². The zero-order chi connectivity index (χ0) is 15.0. The molecule has 0 bridgehead atoms. The van der Waals surface area contributed by atoms with Gasteiger partial charge in [-0.25, -0.2) is 9.18 Å². The maximum Gasteiger partial charge on any atom is 0.319 e. The van der Waals surface area contributed by atoms with Gasteiger partial charge >= 0.3 is 6.03 Å². The normalized spacial score (nSPS) is 12.2. The Hall–Kier alpha value is -1.66. The van der Waals surface area contributed by atoms with Gasteiger partial charge in [0, 0.05) is 18.8 Å². The van der Waals surface area contributed by atoms with Crippen LogP contribution in [-0.2, 0) is 4.74 Å². The zero-order valence-corrected chi connectivity index (χ0v) is 11.7. The van der Waals surface area contributed by atoms with Crippen LogP contribution in [-0.4, -0.2) is 37.0 Å². The first kappa shape index (κ1) is 16.4. The molecular weight excluding hydrogens is 263 g/mol. The van der Waals surface area contributed by atoms with E-state index < -0.39 is 18.0 Å². The van der Waals surface area contributed by atoms with E-state index in [0.717, 1.165) is 0 Å². The SMILES string of the molecule is CC(C)COCC(O)CNC(=O)Nc1cccc(F)c1. The lowest BCUT2D eigenvalue weighted by Gasteiger charge is -2.14. The molecule has 6 heteroatoms. The number of anilines is 1. The molecule has 0 aromatic heterocycles. The summed E-state index contributed by atoms with van der Waals surface area (Å²) < 4.78 is 18.2. The van der Waals surface area contributed by atoms with Gasteiger partial charge < -0.3 is 20.5 Å². The van der Waals surface area contributed by atoms with Crippen molar-refractivity contribution in [1.29, 1.82) is 0 Å². The lowest BCUT2D eigenvalue weighted by atomic mass is 10.2. The average Bonchev–Trinajstić information content (AvgIpc) is 2.36. The number of benzene rings is 1. The number of urea groups is 1. The van der Waals surface area contributed by atoms with Crippen LogP contribution in [0, 0.1) is 11.7 Å². The van der Waals surface area contributed by atoms with Gasteiger partial charge in [0.2, 0.25) is 0 Å². The third-order valence-electron chi connectivity index (χ3n) is 2.34. The Bertz CT molecular complexity index is 427. The van der Waals surface area contributed by atoms with Gasteiger partial charge in [0.1, 0.15) is 5.82 Å². The van der Waals surface area contributed by atoms with Crippen molar-refractivity contribution in [3.8, 4) is 0 Å². The molecule has 0 saturated carbocycles. The van der Waals surface area contributed by atoms with E-state index in [1.807, 2.05) is 13.8 Å². The Morgan fingerprint density at radius 2 is 2.15 bits per heavy atom. The topological polar surface area (TPSA) is 70.6 Å². The number of nitrogens with one attached hydrogen (secondary N) is 2. The first-order chi connectivity index (χ1) is 9.47. The minimum Gasteiger partial charge on any atom is -0.389 e. The third kappa shape index (κ3) is 7.06. The molecule has 20 heavy (non-hydrogen) atoms. The number of rotatable bonds is 7. The fourth-order valence-electron chi connectivity index (χ4n) is 1.45. The van der Waals surface area contributed by atoms with Crippen molar-refractivity contribution in [3.63, 3.8) is 0 Å². The van der Waals surface area contributed by atoms with E-state index in [9.17, 15) is 14.3 Å². The molecule has 0 spiro atoms. The molecule has 0 aliphatic carbocycles. The van der Waals surface area contributed by atoms with Crippen LogP contribution in [0.4, 0.5) is 14.9 Å². The Labute approximate surface area is 118 Å². The van der Waals surface area contributed by atoms with Crippen LogP contribution in [0.3, 0.4) is 0 Å². The highest BCUT2D eigenvalue weighted by Crippen LogP contribution is 2.08. The van der Waals surface area contributed by atoms with E-state index in [-0.39, 0.29) is 13.2 Å². The van der Waals surface area contributed by atoms with E-state index in [2.05, 4.69) is 10.6 Å². The summed E-state index contributed by atoms with van der Waals surface area (Å²) in [5.41, 5.74) is 0.355. The number of carbonyl (C=O) groups is 1. The Balaban J connectivity index is 2.22. The molecule has 1 aromatic rings. The fraction of sp³-hybridized carbons (Fsp3) is 0.500. The van der Waals surface area contributed by atoms with Gasteiger partial charge in [0.25, 0.3) is 0 Å². The third-order valence-corrected chi connectivity index (χ3v) is 2.34. The molecule has 1 unspecified atom stereocenters. The van der Waals surface area contributed by atoms with Gasteiger partial charge in [0.15, 0.2) is 0 Å². The number of aliphatic hydroxyl groups excluding tert-OH is 1. The van der Waals surface area contributed by atoms with Gasteiger partial charge in [-0.15, -0.1) is 0 Å². The second kappa shape index (κ2) is 8.50. The van der Waals surface area contributed by atoms with Crippen molar-refractivity contribution in [2.45, 2.75) is 20.0 Å². The summed E-state index contributed by atoms with van der Waals surface area (Å²) in [7, 11) is 0. The van der Waals surface area contributed by atoms with Gasteiger partial charge in [-0.05, 0) is 24.1 Å². The van der Waals surface area contributed by atoms with E-state index in [0.29, 0.717) is 18.2 Å². The molecule has 0 heterocycles. The van der Waals surface area contributed by atoms with Crippen LogP contribution in [0.2, 0.25) is 0 Å². The lowest BCUT2D eigenvalue weighted by molar-refractivity contribution is 0.0274. The highest BCUT2D eigenvalue weighted by Gasteiger charge is 2.08. The zero-order valence-electron chi connectivity index (χ0n) is 11.7. The number of aliphatic hydroxyl groups is 1. The fourth-order valence-corrected chi connectivity index (χ4v) is 1.45. The molecule has 0 aliphatic heterocycles. The molecule has 0 saturated heterocycles. The molecule has 2 amide bonds. The summed E-state index contributed by atoms with van der Waals surface area (Å²) in [6.45, 7) is 4.82. The summed E-state index contributed by atoms with van der Waals surface area (Å²) in [6, 6.07) is 5.07. The maximum absolute atomic E-state index is 12.9. The van der Waals surface area contributed by atoms with Crippen molar-refractivity contribution in [2.24, 2.45) is 5.92 Å². The minimum absolute atomic E-state index is 0.0687. The molecular formula is C14H21FN2O3. The number of ether oxygens (including phenoxy) is 1. The summed E-state index contributed by atoms with van der Waals surface area (Å²) in [6.07, 6.45) is -0.771. The predicted octanol–water partition coefficient (Wildman–Crippen LogP) is 1.98. The summed E-state index contributed by atoms with van der Waals surface area (Å²) in [5.74, 6) is -0.0312. The first-order valence-corrected chi connectivity index (χ1v) is 6.53. The minimum atomic E-state index is -0.771. The smallest absolute Gasteiger partial charge is 0.319 e. The van der Waals surface area contributed by atoms with Crippen molar-refractivity contribution in [3.05, 3.63) is 30.1 Å². The summed E-state index contributed by atoms with van der Waals surface area (Å²) in [4.78, 5) is 11.5. The molecule has 1 aromatic carbocycles. The van der Waals surface area contributed by atoms with Crippen molar-refractivity contribution in [2.75, 3.05) is 25.1 Å². The number of amides is 2. The van der Waals surface area contributed by atoms with E-state index in [1.165, 1.54) is 18.2 Å². The Kier molecular flexibility index (Phi) is 6.97. The van der Waals surface area contributed by atoms with E-state index >= 15 is 0 Å². The van der Waals surface area contributed by atoms with E-state index in [1.54, 1.807) is 6.07 Å². The average molecular weight is 284 g/mol. The number of hydrogen-bond donors (Lipinski definition) is 3. The number of hydrogen-bond acceptors (Lipinski definition) is 3. The first-order valence-electron chi connectivity index (χ1n) is 6.53. The highest BCUT2D eigenvalue weighted by molar-refractivity contribution is 5.89. The highest BCUT2D eigenvalue weighted by atomic mass is 19.1. The quantitative estimate of drug-likeness (QED) is 0.717. The van der Waals surface area contributed by atoms with Crippen molar-refractivity contribution >= 4 is 11.7 Å². The standard InChI is InChI=1S/C14H21FN2O3/c1-10(2)8-20-9-13(18)7-16-14(19)17-12-5-3-4-11(15)6-12/h3-6,10,13,18H,7-9H2,1-2H3,(H2,16,17,19). The van der Waals surface area contributed by atoms with Crippen LogP contribution in [0.25, 0.3) is 0 Å². The second-order valence-electron chi connectivity index (χ2n) is 4.93. The Morgan fingerprint density at radius 1 is 1.40 bits per heavy atom. The van der Waals surface area contributed by atoms with Crippen LogP contribution >= 0.6 is 0 Å². The van der Waals surface area contributed by atoms with Crippen molar-refractivity contribution in [1.82, 2.24) is 5.32 Å². The monoisotopic (exact) mass is 284 g/mol. The number of carbonyl (C=O) groups excluding carboxylic acids is 1. The van der Waals surface area contributed by atoms with Gasteiger partial charge in [-0.2, -0.15) is 0 Å². The second-order valence-corrected chi connectivity index (χ2v) is 4.93. The van der Waals surface area contributed by atoms with Gasteiger partial charge in [-0.3, -0.25) is 0 Å². The van der Waals surface area contributed by atoms with Gasteiger partial charge in [0.05, 0.1) is 12.7 Å².